The topological polar surface area (TPSA) is 84.5 Å². The first kappa shape index (κ1) is 28.8. The second-order valence-corrected chi connectivity index (χ2v) is 12.4. The first-order chi connectivity index (χ1) is 16.0. The third-order valence-electron chi connectivity index (χ3n) is 6.83. The molecular formula is C27H39FN2O4S. The van der Waals surface area contributed by atoms with Crippen molar-refractivity contribution in [2.24, 2.45) is 5.92 Å². The van der Waals surface area contributed by atoms with Crippen LogP contribution in [0.15, 0.2) is 36.4 Å². The van der Waals surface area contributed by atoms with Crippen LogP contribution < -0.4 is 10.0 Å². The number of halogens is 1. The Balaban J connectivity index is 2.19. The molecule has 1 amide bonds. The summed E-state index contributed by atoms with van der Waals surface area (Å²) >= 11 is 0. The van der Waals surface area contributed by atoms with Crippen molar-refractivity contribution < 1.29 is 22.3 Å². The minimum Gasteiger partial charge on any atom is -0.384 e. The Hall–Kier alpha value is -2.45. The number of sulfonamides is 1. The van der Waals surface area contributed by atoms with E-state index in [2.05, 4.69) is 10.0 Å². The third-order valence-corrected chi connectivity index (χ3v) is 7.42. The number of aryl methyl sites for hydroxylation is 1. The lowest BCUT2D eigenvalue weighted by Gasteiger charge is -2.33. The smallest absolute Gasteiger partial charge is 0.229 e. The third kappa shape index (κ3) is 7.04. The fourth-order valence-corrected chi connectivity index (χ4v) is 4.80. The van der Waals surface area contributed by atoms with Crippen molar-refractivity contribution in [2.45, 2.75) is 65.3 Å². The van der Waals surface area contributed by atoms with Gasteiger partial charge in [-0.2, -0.15) is 0 Å². The summed E-state index contributed by atoms with van der Waals surface area (Å²) in [5, 5.41) is 3.05. The van der Waals surface area contributed by atoms with E-state index in [1.165, 1.54) is 6.07 Å². The van der Waals surface area contributed by atoms with E-state index in [-0.39, 0.29) is 17.8 Å². The van der Waals surface area contributed by atoms with Crippen LogP contribution >= 0.6 is 0 Å². The maximum atomic E-state index is 15.1. The number of carbonyl (C=O) groups is 1. The maximum absolute atomic E-state index is 15.1. The number of carbonyl (C=O) groups excluding carboxylic acids is 1. The molecule has 2 aromatic carbocycles. The van der Waals surface area contributed by atoms with E-state index in [1.807, 2.05) is 60.6 Å². The molecule has 0 aliphatic heterocycles. The summed E-state index contributed by atoms with van der Waals surface area (Å²) in [6, 6.07) is 10.2. The molecule has 2 rings (SSSR count). The lowest BCUT2D eigenvalue weighted by Crippen LogP contribution is -2.41. The molecule has 0 saturated carbocycles. The highest BCUT2D eigenvalue weighted by molar-refractivity contribution is 7.92. The summed E-state index contributed by atoms with van der Waals surface area (Å²) < 4.78 is 45.8. The lowest BCUT2D eigenvalue weighted by molar-refractivity contribution is -0.127. The molecule has 0 radical (unpaired) electrons. The maximum Gasteiger partial charge on any atom is 0.229 e. The molecule has 0 saturated heterocycles. The second-order valence-electron chi connectivity index (χ2n) is 10.6. The lowest BCUT2D eigenvalue weighted by atomic mass is 9.72. The molecule has 0 spiro atoms. The van der Waals surface area contributed by atoms with Crippen LogP contribution in [0, 0.1) is 18.7 Å². The number of nitrogens with one attached hydrogen (secondary N) is 2. The number of methoxy groups -OCH3 is 1. The van der Waals surface area contributed by atoms with Gasteiger partial charge in [-0.05, 0) is 48.2 Å². The summed E-state index contributed by atoms with van der Waals surface area (Å²) in [5.41, 5.74) is 2.36. The molecule has 0 bridgehead atoms. The van der Waals surface area contributed by atoms with E-state index in [0.29, 0.717) is 17.9 Å². The molecule has 0 aliphatic rings. The number of ether oxygens (including phenoxy) is 1. The standard InChI is InChI=1S/C27H39FN2O4S/c1-17-14-20(10-13-24(17)30-35(9,32)33)19(3)29-25(31)18(2)27(6,7)21-11-12-22(23(28)15-21)26(4,5)16-34-8/h10-15,18-19,30H,16H2,1-9H3,(H,29,31)/t18?,19-/m1/s1. The summed E-state index contributed by atoms with van der Waals surface area (Å²) in [6.07, 6.45) is 1.10. The van der Waals surface area contributed by atoms with Gasteiger partial charge in [-0.25, -0.2) is 12.8 Å². The summed E-state index contributed by atoms with van der Waals surface area (Å²) in [5.74, 6) is -0.894. The highest BCUT2D eigenvalue weighted by Crippen LogP contribution is 2.35. The number of benzene rings is 2. The second kappa shape index (κ2) is 10.7. The highest BCUT2D eigenvalue weighted by Gasteiger charge is 2.35. The van der Waals surface area contributed by atoms with E-state index in [1.54, 1.807) is 25.3 Å². The normalized spacial score (nSPS) is 14.3. The minimum atomic E-state index is -3.38. The van der Waals surface area contributed by atoms with E-state index in [9.17, 15) is 13.2 Å². The Morgan fingerprint density at radius 2 is 1.71 bits per heavy atom. The van der Waals surface area contributed by atoms with Crippen molar-refractivity contribution in [2.75, 3.05) is 24.7 Å². The van der Waals surface area contributed by atoms with Gasteiger partial charge in [0.15, 0.2) is 0 Å². The van der Waals surface area contributed by atoms with Crippen LogP contribution in [-0.4, -0.2) is 34.3 Å². The zero-order valence-corrected chi connectivity index (χ0v) is 23.1. The van der Waals surface area contributed by atoms with E-state index < -0.39 is 26.8 Å². The van der Waals surface area contributed by atoms with Gasteiger partial charge in [0.05, 0.1) is 24.6 Å². The fraction of sp³-hybridized carbons (Fsp3) is 0.519. The van der Waals surface area contributed by atoms with Crippen molar-refractivity contribution in [1.29, 1.82) is 0 Å². The predicted octanol–water partition coefficient (Wildman–Crippen LogP) is 5.22. The van der Waals surface area contributed by atoms with Gasteiger partial charge < -0.3 is 10.1 Å². The van der Waals surface area contributed by atoms with Gasteiger partial charge in [0, 0.05) is 23.9 Å². The molecule has 6 nitrogen and oxygen atoms in total. The van der Waals surface area contributed by atoms with Crippen molar-refractivity contribution in [3.8, 4) is 0 Å². The molecule has 1 unspecified atom stereocenters. The number of anilines is 1. The Bertz CT molecular complexity index is 1180. The zero-order chi connectivity index (χ0) is 26.8. The molecule has 0 fully saturated rings. The predicted molar refractivity (Wildman–Crippen MR) is 140 cm³/mol. The molecular weight excluding hydrogens is 467 g/mol. The van der Waals surface area contributed by atoms with Gasteiger partial charge in [0.25, 0.3) is 0 Å². The van der Waals surface area contributed by atoms with Gasteiger partial charge in [0.2, 0.25) is 15.9 Å². The van der Waals surface area contributed by atoms with Gasteiger partial charge in [-0.3, -0.25) is 9.52 Å². The monoisotopic (exact) mass is 506 g/mol. The minimum absolute atomic E-state index is 0.150. The zero-order valence-electron chi connectivity index (χ0n) is 22.2. The van der Waals surface area contributed by atoms with Crippen molar-refractivity contribution in [3.05, 3.63) is 64.5 Å². The molecule has 0 aromatic heterocycles. The molecule has 0 aliphatic carbocycles. The molecule has 2 aromatic rings. The van der Waals surface area contributed by atoms with Crippen molar-refractivity contribution in [1.82, 2.24) is 5.32 Å². The van der Waals surface area contributed by atoms with Gasteiger partial charge in [-0.15, -0.1) is 0 Å². The van der Waals surface area contributed by atoms with E-state index in [0.717, 1.165) is 22.9 Å². The largest absolute Gasteiger partial charge is 0.384 e. The molecule has 194 valence electrons. The van der Waals surface area contributed by atoms with E-state index in [4.69, 9.17) is 4.74 Å². The Morgan fingerprint density at radius 3 is 2.23 bits per heavy atom. The van der Waals surface area contributed by atoms with Crippen LogP contribution in [0.25, 0.3) is 0 Å². The average molecular weight is 507 g/mol. The van der Waals surface area contributed by atoms with Gasteiger partial charge in [0.1, 0.15) is 5.82 Å². The number of hydrogen-bond donors (Lipinski definition) is 2. The molecule has 35 heavy (non-hydrogen) atoms. The number of rotatable bonds is 10. The molecule has 2 atom stereocenters. The van der Waals surface area contributed by atoms with Gasteiger partial charge in [-0.1, -0.05) is 58.9 Å². The SMILES string of the molecule is COCC(C)(C)c1ccc(C(C)(C)C(C)C(=O)N[C@H](C)c2ccc(NS(C)(=O)=O)c(C)c2)cc1F. The Kier molecular flexibility index (Phi) is 8.77. The molecule has 2 N–H and O–H groups in total. The van der Waals surface area contributed by atoms with Crippen LogP contribution in [0.2, 0.25) is 0 Å². The van der Waals surface area contributed by atoms with Gasteiger partial charge >= 0.3 is 0 Å². The van der Waals surface area contributed by atoms with Crippen LogP contribution in [0.1, 0.15) is 69.8 Å². The summed E-state index contributed by atoms with van der Waals surface area (Å²) in [7, 11) is -1.78. The summed E-state index contributed by atoms with van der Waals surface area (Å²) in [4.78, 5) is 13.2. The number of amides is 1. The van der Waals surface area contributed by atoms with E-state index >= 15 is 4.39 Å². The average Bonchev–Trinajstić information content (AvgIpc) is 2.73. The summed E-state index contributed by atoms with van der Waals surface area (Å²) in [6.45, 7) is 13.7. The van der Waals surface area contributed by atoms with Crippen LogP contribution in [0.4, 0.5) is 10.1 Å². The first-order valence-corrected chi connectivity index (χ1v) is 13.6. The molecule has 8 heteroatoms. The quantitative estimate of drug-likeness (QED) is 0.463. The van der Waals surface area contributed by atoms with Crippen LogP contribution in [0.5, 0.6) is 0 Å². The molecule has 0 heterocycles. The van der Waals surface area contributed by atoms with Crippen molar-refractivity contribution >= 4 is 21.6 Å². The fourth-order valence-electron chi connectivity index (χ4n) is 4.17. The first-order valence-electron chi connectivity index (χ1n) is 11.7. The highest BCUT2D eigenvalue weighted by atomic mass is 32.2. The Labute approximate surface area is 209 Å². The number of hydrogen-bond acceptors (Lipinski definition) is 4. The van der Waals surface area contributed by atoms with Crippen molar-refractivity contribution in [3.63, 3.8) is 0 Å². The van der Waals surface area contributed by atoms with Crippen LogP contribution in [0.3, 0.4) is 0 Å². The Morgan fingerprint density at radius 1 is 1.09 bits per heavy atom. The van der Waals surface area contributed by atoms with Crippen LogP contribution in [-0.2, 0) is 30.4 Å².